The number of fused-ring (bicyclic) bond motifs is 5. The van der Waals surface area contributed by atoms with Gasteiger partial charge in [-0.1, -0.05) is 0 Å². The second-order valence-corrected chi connectivity index (χ2v) is 8.94. The van der Waals surface area contributed by atoms with Crippen LogP contribution in [0, 0.1) is 6.92 Å². The Morgan fingerprint density at radius 2 is 2.04 bits per heavy atom. The molecule has 2 aliphatic heterocycles. The maximum absolute atomic E-state index is 6.00. The van der Waals surface area contributed by atoms with Crippen molar-refractivity contribution >= 4 is 27.2 Å². The minimum atomic E-state index is -0.146. The van der Waals surface area contributed by atoms with Crippen molar-refractivity contribution in [3.8, 4) is 0 Å². The fourth-order valence-electron chi connectivity index (χ4n) is 3.92. The summed E-state index contributed by atoms with van der Waals surface area (Å²) in [6.07, 6.45) is 0.892. The molecular weight excluding hydrogens is 348 g/mol. The van der Waals surface area contributed by atoms with Crippen LogP contribution in [0.4, 0.5) is 0 Å². The van der Waals surface area contributed by atoms with Crippen molar-refractivity contribution in [2.24, 2.45) is 0 Å². The van der Waals surface area contributed by atoms with Crippen molar-refractivity contribution in [3.63, 3.8) is 0 Å². The molecule has 1 saturated heterocycles. The summed E-state index contributed by atoms with van der Waals surface area (Å²) < 4.78 is 7.92. The van der Waals surface area contributed by atoms with E-state index >= 15 is 0 Å². The maximum Gasteiger partial charge on any atom is 0.168 e. The molecular formula is C18H24N6OS. The number of rotatable bonds is 2. The van der Waals surface area contributed by atoms with E-state index in [-0.39, 0.29) is 5.60 Å². The molecule has 5 rings (SSSR count). The van der Waals surface area contributed by atoms with Crippen LogP contribution in [0.5, 0.6) is 0 Å². The van der Waals surface area contributed by atoms with Crippen molar-refractivity contribution in [2.75, 3.05) is 26.2 Å². The number of thiophene rings is 1. The van der Waals surface area contributed by atoms with Gasteiger partial charge in [-0.15, -0.1) is 16.4 Å². The molecule has 0 aromatic carbocycles. The number of piperazine rings is 1. The SMILES string of the molecule is Cc1nc2sc3c(c2c2nc(CN4CCNCC4)nn12)CC(C)(C)OC3. The van der Waals surface area contributed by atoms with E-state index in [0.717, 1.165) is 61.3 Å². The number of aromatic nitrogens is 4. The molecule has 0 radical (unpaired) electrons. The minimum absolute atomic E-state index is 0.146. The number of nitrogens with zero attached hydrogens (tertiary/aromatic N) is 5. The molecule has 5 heterocycles. The van der Waals surface area contributed by atoms with Crippen LogP contribution >= 0.6 is 11.3 Å². The Balaban J connectivity index is 1.63. The van der Waals surface area contributed by atoms with E-state index in [9.17, 15) is 0 Å². The van der Waals surface area contributed by atoms with Crippen molar-refractivity contribution in [1.82, 2.24) is 29.8 Å². The summed E-state index contributed by atoms with van der Waals surface area (Å²) in [4.78, 5) is 14.5. The molecule has 1 fully saturated rings. The Morgan fingerprint density at radius 3 is 2.85 bits per heavy atom. The molecule has 0 spiro atoms. The Hall–Kier alpha value is -1.61. The van der Waals surface area contributed by atoms with Crippen LogP contribution < -0.4 is 5.32 Å². The Bertz CT molecular complexity index is 985. The highest BCUT2D eigenvalue weighted by atomic mass is 32.1. The molecule has 0 amide bonds. The number of hydrogen-bond acceptors (Lipinski definition) is 7. The zero-order valence-corrected chi connectivity index (χ0v) is 16.3. The van der Waals surface area contributed by atoms with Crippen LogP contribution in [0.15, 0.2) is 0 Å². The molecule has 7 nitrogen and oxygen atoms in total. The molecule has 0 atom stereocenters. The van der Waals surface area contributed by atoms with Gasteiger partial charge in [0.05, 0.1) is 24.1 Å². The average molecular weight is 372 g/mol. The first-order chi connectivity index (χ1) is 12.5. The molecule has 8 heteroatoms. The summed E-state index contributed by atoms with van der Waals surface area (Å²) in [6.45, 7) is 11.9. The largest absolute Gasteiger partial charge is 0.370 e. The average Bonchev–Trinajstić information content (AvgIpc) is 3.16. The monoisotopic (exact) mass is 372 g/mol. The molecule has 0 aliphatic carbocycles. The first kappa shape index (κ1) is 16.6. The summed E-state index contributed by atoms with van der Waals surface area (Å²) in [7, 11) is 0. The molecule has 3 aromatic rings. The number of aryl methyl sites for hydroxylation is 1. The molecule has 0 bridgehead atoms. The third-order valence-electron chi connectivity index (χ3n) is 5.29. The predicted octanol–water partition coefficient (Wildman–Crippen LogP) is 1.90. The molecule has 0 saturated carbocycles. The topological polar surface area (TPSA) is 67.6 Å². The lowest BCUT2D eigenvalue weighted by Gasteiger charge is -2.30. The standard InChI is InChI=1S/C18H24N6OS/c1-11-20-17-15(12-8-18(2,3)25-10-13(12)26-17)16-21-14(22-24(11)16)9-23-6-4-19-5-7-23/h19H,4-10H2,1-3H3. The molecule has 0 unspecified atom stereocenters. The van der Waals surface area contributed by atoms with Crippen LogP contribution in [0.2, 0.25) is 0 Å². The van der Waals surface area contributed by atoms with Crippen molar-refractivity contribution in [2.45, 2.75) is 45.9 Å². The fourth-order valence-corrected chi connectivity index (χ4v) is 5.06. The molecule has 3 aromatic heterocycles. The third-order valence-corrected chi connectivity index (χ3v) is 6.39. The Labute approximate surface area is 156 Å². The van der Waals surface area contributed by atoms with Gasteiger partial charge in [0.1, 0.15) is 10.7 Å². The fraction of sp³-hybridized carbons (Fsp3) is 0.611. The highest BCUT2D eigenvalue weighted by Crippen LogP contribution is 2.39. The Kier molecular flexibility index (Phi) is 3.79. The van der Waals surface area contributed by atoms with E-state index in [0.29, 0.717) is 6.61 Å². The number of nitrogens with one attached hydrogen (secondary N) is 1. The van der Waals surface area contributed by atoms with E-state index in [2.05, 4.69) is 24.1 Å². The highest BCUT2D eigenvalue weighted by Gasteiger charge is 2.31. The van der Waals surface area contributed by atoms with Gasteiger partial charge in [-0.05, 0) is 26.3 Å². The van der Waals surface area contributed by atoms with Crippen LogP contribution in [0.3, 0.4) is 0 Å². The maximum atomic E-state index is 6.00. The smallest absolute Gasteiger partial charge is 0.168 e. The van der Waals surface area contributed by atoms with Gasteiger partial charge in [0.25, 0.3) is 0 Å². The lowest BCUT2D eigenvalue weighted by atomic mass is 9.94. The molecule has 2 aliphatic rings. The molecule has 1 N–H and O–H groups in total. The van der Waals surface area contributed by atoms with E-state index in [4.69, 9.17) is 19.8 Å². The summed E-state index contributed by atoms with van der Waals surface area (Å²) in [6, 6.07) is 0. The van der Waals surface area contributed by atoms with Gasteiger partial charge in [-0.25, -0.2) is 9.97 Å². The Morgan fingerprint density at radius 1 is 1.23 bits per heavy atom. The highest BCUT2D eigenvalue weighted by molar-refractivity contribution is 7.19. The van der Waals surface area contributed by atoms with E-state index < -0.39 is 0 Å². The minimum Gasteiger partial charge on any atom is -0.370 e. The van der Waals surface area contributed by atoms with E-state index in [1.807, 2.05) is 11.4 Å². The third kappa shape index (κ3) is 2.72. The second-order valence-electron chi connectivity index (χ2n) is 7.86. The zero-order valence-electron chi connectivity index (χ0n) is 15.5. The first-order valence-electron chi connectivity index (χ1n) is 9.24. The summed E-state index contributed by atoms with van der Waals surface area (Å²) in [5.41, 5.74) is 2.15. The van der Waals surface area contributed by atoms with Gasteiger partial charge in [0.2, 0.25) is 0 Å². The quantitative estimate of drug-likeness (QED) is 0.741. The van der Waals surface area contributed by atoms with Crippen LogP contribution in [0.1, 0.15) is 35.9 Å². The van der Waals surface area contributed by atoms with Crippen molar-refractivity contribution < 1.29 is 4.74 Å². The van der Waals surface area contributed by atoms with Crippen molar-refractivity contribution in [1.29, 1.82) is 0 Å². The summed E-state index contributed by atoms with van der Waals surface area (Å²) in [5, 5.41) is 9.34. The lowest BCUT2D eigenvalue weighted by molar-refractivity contribution is -0.0379. The lowest BCUT2D eigenvalue weighted by Crippen LogP contribution is -2.43. The van der Waals surface area contributed by atoms with Crippen LogP contribution in [-0.2, 0) is 24.3 Å². The van der Waals surface area contributed by atoms with E-state index in [1.165, 1.54) is 15.8 Å². The number of ether oxygens (including phenoxy) is 1. The van der Waals surface area contributed by atoms with Gasteiger partial charge in [0.15, 0.2) is 11.5 Å². The normalized spacial score (nSPS) is 20.7. The first-order valence-corrected chi connectivity index (χ1v) is 10.1. The molecule has 26 heavy (non-hydrogen) atoms. The van der Waals surface area contributed by atoms with Crippen LogP contribution in [-0.4, -0.2) is 56.3 Å². The van der Waals surface area contributed by atoms with Crippen LogP contribution in [0.25, 0.3) is 15.9 Å². The van der Waals surface area contributed by atoms with Gasteiger partial charge < -0.3 is 10.1 Å². The van der Waals surface area contributed by atoms with Gasteiger partial charge in [-0.3, -0.25) is 4.90 Å². The second kappa shape index (κ2) is 5.95. The number of hydrogen-bond donors (Lipinski definition) is 1. The van der Waals surface area contributed by atoms with Crippen molar-refractivity contribution in [3.05, 3.63) is 22.1 Å². The van der Waals surface area contributed by atoms with Gasteiger partial charge >= 0.3 is 0 Å². The predicted molar refractivity (Wildman–Crippen MR) is 102 cm³/mol. The van der Waals surface area contributed by atoms with E-state index in [1.54, 1.807) is 11.3 Å². The zero-order chi connectivity index (χ0) is 17.9. The summed E-state index contributed by atoms with van der Waals surface area (Å²) in [5.74, 6) is 1.78. The summed E-state index contributed by atoms with van der Waals surface area (Å²) >= 11 is 1.74. The van der Waals surface area contributed by atoms with Gasteiger partial charge in [0, 0.05) is 37.5 Å². The molecule has 138 valence electrons. The van der Waals surface area contributed by atoms with Gasteiger partial charge in [-0.2, -0.15) is 4.52 Å².